The SMILES string of the molecule is CC[C@@H](C)NC(=O)[C@H](CC)N(CCc1ccccc1)C(=O)CN(c1cccc(C(F)(F)F)c1)S(=O)(=O)c1ccccc1. The van der Waals surface area contributed by atoms with E-state index in [1.54, 1.807) is 13.0 Å². The van der Waals surface area contributed by atoms with Crippen LogP contribution in [0.3, 0.4) is 0 Å². The van der Waals surface area contributed by atoms with Crippen LogP contribution < -0.4 is 9.62 Å². The lowest BCUT2D eigenvalue weighted by Gasteiger charge is -2.33. The molecule has 2 atom stereocenters. The van der Waals surface area contributed by atoms with Crippen molar-refractivity contribution in [2.24, 2.45) is 0 Å². The van der Waals surface area contributed by atoms with E-state index in [0.29, 0.717) is 23.2 Å². The lowest BCUT2D eigenvalue weighted by molar-refractivity contribution is -0.139. The average Bonchev–Trinajstić information content (AvgIpc) is 2.98. The number of anilines is 1. The number of benzene rings is 3. The zero-order valence-electron chi connectivity index (χ0n) is 23.8. The first kappa shape index (κ1) is 32.7. The fraction of sp³-hybridized carbons (Fsp3) is 0.355. The van der Waals surface area contributed by atoms with Crippen molar-refractivity contribution in [1.29, 1.82) is 0 Å². The highest BCUT2D eigenvalue weighted by Gasteiger charge is 2.35. The zero-order valence-corrected chi connectivity index (χ0v) is 24.7. The zero-order chi connectivity index (χ0) is 30.9. The van der Waals surface area contributed by atoms with Crippen LogP contribution in [-0.4, -0.2) is 50.3 Å². The number of sulfonamides is 1. The number of halogens is 3. The Hall–Kier alpha value is -3.86. The van der Waals surface area contributed by atoms with Gasteiger partial charge in [-0.2, -0.15) is 13.2 Å². The van der Waals surface area contributed by atoms with Crippen molar-refractivity contribution >= 4 is 27.5 Å². The highest BCUT2D eigenvalue weighted by Crippen LogP contribution is 2.33. The summed E-state index contributed by atoms with van der Waals surface area (Å²) >= 11 is 0. The third-order valence-corrected chi connectivity index (χ3v) is 8.73. The average molecular weight is 604 g/mol. The number of hydrogen-bond acceptors (Lipinski definition) is 4. The predicted octanol–water partition coefficient (Wildman–Crippen LogP) is 5.67. The van der Waals surface area contributed by atoms with Gasteiger partial charge < -0.3 is 10.2 Å². The maximum atomic E-state index is 14.0. The van der Waals surface area contributed by atoms with Crippen molar-refractivity contribution < 1.29 is 31.2 Å². The fourth-order valence-electron chi connectivity index (χ4n) is 4.42. The molecule has 0 heterocycles. The van der Waals surface area contributed by atoms with Gasteiger partial charge in [0.2, 0.25) is 11.8 Å². The third kappa shape index (κ3) is 8.34. The van der Waals surface area contributed by atoms with Gasteiger partial charge >= 0.3 is 6.18 Å². The number of rotatable bonds is 13. The first-order valence-electron chi connectivity index (χ1n) is 13.8. The summed E-state index contributed by atoms with van der Waals surface area (Å²) in [6.45, 7) is 4.78. The number of hydrogen-bond donors (Lipinski definition) is 1. The predicted molar refractivity (Wildman–Crippen MR) is 156 cm³/mol. The van der Waals surface area contributed by atoms with Gasteiger partial charge in [0.15, 0.2) is 0 Å². The molecular formula is C31H36F3N3O4S. The third-order valence-electron chi connectivity index (χ3n) is 6.94. The topological polar surface area (TPSA) is 86.8 Å². The summed E-state index contributed by atoms with van der Waals surface area (Å²) < 4.78 is 69.0. The van der Waals surface area contributed by atoms with E-state index in [4.69, 9.17) is 0 Å². The second kappa shape index (κ2) is 14.4. The number of nitrogens with zero attached hydrogens (tertiary/aromatic N) is 2. The second-order valence-corrected chi connectivity index (χ2v) is 11.8. The Morgan fingerprint density at radius 2 is 1.50 bits per heavy atom. The van der Waals surface area contributed by atoms with Gasteiger partial charge in [0, 0.05) is 12.6 Å². The van der Waals surface area contributed by atoms with E-state index in [9.17, 15) is 31.2 Å². The molecular weight excluding hydrogens is 567 g/mol. The molecule has 0 aliphatic heterocycles. The molecule has 0 saturated heterocycles. The molecule has 3 rings (SSSR count). The van der Waals surface area contributed by atoms with Crippen molar-refractivity contribution in [2.45, 2.75) is 63.2 Å². The Morgan fingerprint density at radius 1 is 0.881 bits per heavy atom. The van der Waals surface area contributed by atoms with Crippen LogP contribution in [0.5, 0.6) is 0 Å². The van der Waals surface area contributed by atoms with Crippen molar-refractivity contribution in [3.05, 3.63) is 96.1 Å². The number of amides is 2. The molecule has 226 valence electrons. The summed E-state index contributed by atoms with van der Waals surface area (Å²) in [6.07, 6.45) is -3.43. The molecule has 42 heavy (non-hydrogen) atoms. The van der Waals surface area contributed by atoms with Crippen LogP contribution in [0.1, 0.15) is 44.7 Å². The Bertz CT molecular complexity index is 1430. The quantitative estimate of drug-likeness (QED) is 0.273. The summed E-state index contributed by atoms with van der Waals surface area (Å²) in [5.41, 5.74) is -0.470. The Balaban J connectivity index is 2.06. The summed E-state index contributed by atoms with van der Waals surface area (Å²) in [7, 11) is -4.47. The Labute approximate surface area is 245 Å². The van der Waals surface area contributed by atoms with E-state index >= 15 is 0 Å². The normalized spacial score (nSPS) is 13.2. The molecule has 1 N–H and O–H groups in total. The lowest BCUT2D eigenvalue weighted by atomic mass is 10.1. The molecule has 0 spiro atoms. The van der Waals surface area contributed by atoms with Crippen LogP contribution in [0.15, 0.2) is 89.8 Å². The largest absolute Gasteiger partial charge is 0.416 e. The van der Waals surface area contributed by atoms with Gasteiger partial charge in [-0.3, -0.25) is 13.9 Å². The van der Waals surface area contributed by atoms with Crippen molar-refractivity contribution in [3.8, 4) is 0 Å². The molecule has 0 bridgehead atoms. The molecule has 3 aromatic carbocycles. The van der Waals surface area contributed by atoms with Gasteiger partial charge in [-0.1, -0.05) is 68.4 Å². The van der Waals surface area contributed by atoms with E-state index in [2.05, 4.69) is 5.32 Å². The molecule has 7 nitrogen and oxygen atoms in total. The monoisotopic (exact) mass is 603 g/mol. The Kier molecular flexibility index (Phi) is 11.2. The van der Waals surface area contributed by atoms with Gasteiger partial charge in [0.25, 0.3) is 10.0 Å². The highest BCUT2D eigenvalue weighted by atomic mass is 32.2. The summed E-state index contributed by atoms with van der Waals surface area (Å²) in [6, 6.07) is 19.2. The molecule has 0 unspecified atom stereocenters. The van der Waals surface area contributed by atoms with E-state index in [1.165, 1.54) is 35.2 Å². The van der Waals surface area contributed by atoms with E-state index < -0.39 is 40.3 Å². The number of carbonyl (C=O) groups is 2. The minimum absolute atomic E-state index is 0.0943. The first-order chi connectivity index (χ1) is 19.9. The number of carbonyl (C=O) groups excluding carboxylic acids is 2. The van der Waals surface area contributed by atoms with Gasteiger partial charge in [-0.05, 0) is 62.1 Å². The molecule has 11 heteroatoms. The maximum absolute atomic E-state index is 14.0. The fourth-order valence-corrected chi connectivity index (χ4v) is 5.85. The minimum atomic E-state index is -4.73. The smallest absolute Gasteiger partial charge is 0.352 e. The minimum Gasteiger partial charge on any atom is -0.352 e. The molecule has 0 fully saturated rings. The van der Waals surface area contributed by atoms with Gasteiger partial charge in [-0.25, -0.2) is 8.42 Å². The molecule has 0 saturated carbocycles. The first-order valence-corrected chi connectivity index (χ1v) is 15.2. The molecule has 0 aliphatic rings. The second-order valence-electron chi connectivity index (χ2n) is 9.94. The Morgan fingerprint density at radius 3 is 2.07 bits per heavy atom. The summed E-state index contributed by atoms with van der Waals surface area (Å²) in [5, 5.41) is 2.89. The van der Waals surface area contributed by atoms with Gasteiger partial charge in [0.1, 0.15) is 12.6 Å². The molecule has 2 amide bonds. The van der Waals surface area contributed by atoms with E-state index in [0.717, 1.165) is 17.7 Å². The molecule has 0 aliphatic carbocycles. The lowest BCUT2D eigenvalue weighted by Crippen LogP contribution is -2.54. The van der Waals surface area contributed by atoms with Crippen LogP contribution in [0.25, 0.3) is 0 Å². The maximum Gasteiger partial charge on any atom is 0.416 e. The van der Waals surface area contributed by atoms with Crippen LogP contribution >= 0.6 is 0 Å². The van der Waals surface area contributed by atoms with Crippen LogP contribution in [0.2, 0.25) is 0 Å². The molecule has 0 radical (unpaired) electrons. The van der Waals surface area contributed by atoms with Crippen LogP contribution in [0, 0.1) is 0 Å². The van der Waals surface area contributed by atoms with Crippen molar-refractivity contribution in [3.63, 3.8) is 0 Å². The van der Waals surface area contributed by atoms with E-state index in [-0.39, 0.29) is 35.5 Å². The molecule has 3 aromatic rings. The summed E-state index contributed by atoms with van der Waals surface area (Å²) in [5.74, 6) is -1.10. The van der Waals surface area contributed by atoms with Crippen molar-refractivity contribution in [2.75, 3.05) is 17.4 Å². The standard InChI is InChI=1S/C31H36F3N3O4S/c1-4-23(3)35-30(39)28(5-2)36(20-19-24-13-8-6-9-14-24)29(38)22-37(42(40,41)27-17-10-7-11-18-27)26-16-12-15-25(21-26)31(32,33)34/h6-18,21,23,28H,4-5,19-20,22H2,1-3H3,(H,35,39)/t23-,28+/m1/s1. The van der Waals surface area contributed by atoms with Gasteiger partial charge in [0.05, 0.1) is 16.1 Å². The number of nitrogens with one attached hydrogen (secondary N) is 1. The number of alkyl halides is 3. The van der Waals surface area contributed by atoms with Crippen LogP contribution in [0.4, 0.5) is 18.9 Å². The van der Waals surface area contributed by atoms with Gasteiger partial charge in [-0.15, -0.1) is 0 Å². The summed E-state index contributed by atoms with van der Waals surface area (Å²) in [4.78, 5) is 28.4. The van der Waals surface area contributed by atoms with E-state index in [1.807, 2.05) is 44.2 Å². The van der Waals surface area contributed by atoms with Crippen LogP contribution in [-0.2, 0) is 32.2 Å². The van der Waals surface area contributed by atoms with Crippen molar-refractivity contribution in [1.82, 2.24) is 10.2 Å². The highest BCUT2D eigenvalue weighted by molar-refractivity contribution is 7.92. The molecule has 0 aromatic heterocycles.